The first-order chi connectivity index (χ1) is 8.36. The van der Waals surface area contributed by atoms with Crippen LogP contribution in [0.25, 0.3) is 0 Å². The molecule has 6 heteroatoms. The number of alkyl halides is 3. The largest absolute Gasteiger partial charge is 0.478 e. The van der Waals surface area contributed by atoms with Crippen LogP contribution in [0.1, 0.15) is 40.5 Å². The summed E-state index contributed by atoms with van der Waals surface area (Å²) >= 11 is 0. The number of halogens is 3. The number of hydrogen-bond acceptors (Lipinski definition) is 2. The molecule has 0 aromatic carbocycles. The number of carboxylic acids is 1. The standard InChI is InChI=1S/C13H21F3O3/c1-8(2)5-10(6-9(3)11(17)18)7-12(4,19)13(14,15)16/h6,8,10,19H,5,7H2,1-4H3,(H,17,18). The van der Waals surface area contributed by atoms with Crippen molar-refractivity contribution in [2.75, 3.05) is 0 Å². The number of carboxylic acid groups (broad SMARTS) is 1. The number of rotatable bonds is 6. The molecule has 0 aromatic rings. The Morgan fingerprint density at radius 3 is 2.11 bits per heavy atom. The fraction of sp³-hybridized carbons (Fsp3) is 0.769. The van der Waals surface area contributed by atoms with Crippen LogP contribution >= 0.6 is 0 Å². The molecule has 112 valence electrons. The van der Waals surface area contributed by atoms with Crippen molar-refractivity contribution < 1.29 is 28.2 Å². The first-order valence-corrected chi connectivity index (χ1v) is 6.07. The highest BCUT2D eigenvalue weighted by molar-refractivity contribution is 5.85. The van der Waals surface area contributed by atoms with Gasteiger partial charge in [-0.05, 0) is 38.5 Å². The molecular formula is C13H21F3O3. The quantitative estimate of drug-likeness (QED) is 0.734. The minimum absolute atomic E-state index is 0.0105. The third-order valence-electron chi connectivity index (χ3n) is 2.87. The van der Waals surface area contributed by atoms with E-state index in [-0.39, 0.29) is 11.5 Å². The van der Waals surface area contributed by atoms with Crippen molar-refractivity contribution in [3.63, 3.8) is 0 Å². The van der Waals surface area contributed by atoms with Crippen molar-refractivity contribution in [1.82, 2.24) is 0 Å². The molecule has 3 nitrogen and oxygen atoms in total. The molecule has 2 unspecified atom stereocenters. The Morgan fingerprint density at radius 1 is 1.32 bits per heavy atom. The van der Waals surface area contributed by atoms with E-state index < -0.39 is 30.1 Å². The molecule has 0 aliphatic carbocycles. The normalized spacial score (nSPS) is 18.3. The van der Waals surface area contributed by atoms with E-state index in [2.05, 4.69) is 0 Å². The Bertz CT molecular complexity index is 344. The molecule has 0 spiro atoms. The van der Waals surface area contributed by atoms with Gasteiger partial charge >= 0.3 is 12.1 Å². The van der Waals surface area contributed by atoms with E-state index in [9.17, 15) is 23.1 Å². The Labute approximate surface area is 111 Å². The molecule has 2 atom stereocenters. The van der Waals surface area contributed by atoms with E-state index >= 15 is 0 Å². The SMILES string of the molecule is CC(=CC(CC(C)C)CC(C)(O)C(F)(F)F)C(=O)O. The molecule has 19 heavy (non-hydrogen) atoms. The van der Waals surface area contributed by atoms with Gasteiger partial charge in [0.2, 0.25) is 0 Å². The van der Waals surface area contributed by atoms with Gasteiger partial charge in [-0.1, -0.05) is 19.9 Å². The van der Waals surface area contributed by atoms with Crippen molar-refractivity contribution in [2.45, 2.75) is 52.3 Å². The Kier molecular flexibility index (Phi) is 6.06. The molecule has 0 aromatic heterocycles. The third-order valence-corrected chi connectivity index (χ3v) is 2.87. The number of carbonyl (C=O) groups is 1. The zero-order chi connectivity index (χ0) is 15.4. The van der Waals surface area contributed by atoms with E-state index in [0.717, 1.165) is 0 Å². The molecular weight excluding hydrogens is 261 g/mol. The summed E-state index contributed by atoms with van der Waals surface area (Å²) in [5, 5.41) is 18.3. The van der Waals surface area contributed by atoms with Crippen LogP contribution in [0.4, 0.5) is 13.2 Å². The maximum absolute atomic E-state index is 12.6. The number of aliphatic carboxylic acids is 1. The van der Waals surface area contributed by atoms with Crippen LogP contribution in [0.15, 0.2) is 11.6 Å². The highest BCUT2D eigenvalue weighted by Gasteiger charge is 2.50. The molecule has 2 N–H and O–H groups in total. The summed E-state index contributed by atoms with van der Waals surface area (Å²) in [6.45, 7) is 5.71. The Hall–Kier alpha value is -1.04. The lowest BCUT2D eigenvalue weighted by Crippen LogP contribution is -2.43. The number of hydrogen-bond donors (Lipinski definition) is 2. The van der Waals surface area contributed by atoms with Gasteiger partial charge in [-0.15, -0.1) is 0 Å². The summed E-state index contributed by atoms with van der Waals surface area (Å²) in [5.74, 6) is -1.69. The predicted octanol–water partition coefficient (Wildman–Crippen LogP) is 3.38. The van der Waals surface area contributed by atoms with Crippen molar-refractivity contribution in [3.05, 3.63) is 11.6 Å². The lowest BCUT2D eigenvalue weighted by molar-refractivity contribution is -0.257. The average molecular weight is 282 g/mol. The van der Waals surface area contributed by atoms with E-state index in [1.54, 1.807) is 0 Å². The summed E-state index contributed by atoms with van der Waals surface area (Å²) in [7, 11) is 0. The van der Waals surface area contributed by atoms with E-state index in [1.807, 2.05) is 13.8 Å². The summed E-state index contributed by atoms with van der Waals surface area (Å²) in [6.07, 6.45) is -3.59. The molecule has 0 saturated heterocycles. The van der Waals surface area contributed by atoms with Crippen LogP contribution in [-0.4, -0.2) is 28.0 Å². The first-order valence-electron chi connectivity index (χ1n) is 6.07. The molecule has 0 bridgehead atoms. The van der Waals surface area contributed by atoms with Crippen LogP contribution in [-0.2, 0) is 4.79 Å². The van der Waals surface area contributed by atoms with Crippen LogP contribution in [0.5, 0.6) is 0 Å². The van der Waals surface area contributed by atoms with Crippen LogP contribution < -0.4 is 0 Å². The highest BCUT2D eigenvalue weighted by Crippen LogP contribution is 2.37. The highest BCUT2D eigenvalue weighted by atomic mass is 19.4. The van der Waals surface area contributed by atoms with Gasteiger partial charge in [0.25, 0.3) is 0 Å². The molecule has 0 saturated carbocycles. The van der Waals surface area contributed by atoms with Gasteiger partial charge < -0.3 is 10.2 Å². The summed E-state index contributed by atoms with van der Waals surface area (Å²) in [6, 6.07) is 0. The molecule has 0 amide bonds. The van der Waals surface area contributed by atoms with Crippen molar-refractivity contribution in [3.8, 4) is 0 Å². The van der Waals surface area contributed by atoms with Gasteiger partial charge in [-0.3, -0.25) is 0 Å². The lowest BCUT2D eigenvalue weighted by Gasteiger charge is -2.30. The predicted molar refractivity (Wildman–Crippen MR) is 65.6 cm³/mol. The molecule has 0 fully saturated rings. The summed E-state index contributed by atoms with van der Waals surface area (Å²) in [5.41, 5.74) is -2.83. The fourth-order valence-corrected chi connectivity index (χ4v) is 1.87. The minimum Gasteiger partial charge on any atom is -0.478 e. The second-order valence-electron chi connectivity index (χ2n) is 5.52. The lowest BCUT2D eigenvalue weighted by atomic mass is 9.85. The zero-order valence-electron chi connectivity index (χ0n) is 11.6. The summed E-state index contributed by atoms with van der Waals surface area (Å²) in [4.78, 5) is 10.7. The maximum Gasteiger partial charge on any atom is 0.416 e. The second-order valence-corrected chi connectivity index (χ2v) is 5.52. The van der Waals surface area contributed by atoms with Gasteiger partial charge in [0, 0.05) is 5.57 Å². The van der Waals surface area contributed by atoms with Gasteiger partial charge in [-0.25, -0.2) is 4.79 Å². The minimum atomic E-state index is -4.73. The average Bonchev–Trinajstić information content (AvgIpc) is 2.13. The van der Waals surface area contributed by atoms with Gasteiger partial charge in [0.1, 0.15) is 0 Å². The van der Waals surface area contributed by atoms with Gasteiger partial charge in [-0.2, -0.15) is 13.2 Å². The zero-order valence-corrected chi connectivity index (χ0v) is 11.6. The number of aliphatic hydroxyl groups is 1. The van der Waals surface area contributed by atoms with Crippen molar-refractivity contribution >= 4 is 5.97 Å². The van der Waals surface area contributed by atoms with Crippen LogP contribution in [0.3, 0.4) is 0 Å². The van der Waals surface area contributed by atoms with Gasteiger partial charge in [0.05, 0.1) is 0 Å². The molecule has 0 radical (unpaired) electrons. The molecule has 0 rings (SSSR count). The van der Waals surface area contributed by atoms with Gasteiger partial charge in [0.15, 0.2) is 5.60 Å². The Balaban J connectivity index is 5.09. The van der Waals surface area contributed by atoms with Crippen molar-refractivity contribution in [1.29, 1.82) is 0 Å². The summed E-state index contributed by atoms with van der Waals surface area (Å²) < 4.78 is 37.9. The van der Waals surface area contributed by atoms with Crippen molar-refractivity contribution in [2.24, 2.45) is 11.8 Å². The molecule has 0 aliphatic heterocycles. The third kappa shape index (κ3) is 6.09. The second kappa shape index (κ2) is 6.41. The first kappa shape index (κ1) is 18.0. The van der Waals surface area contributed by atoms with E-state index in [0.29, 0.717) is 13.3 Å². The van der Waals surface area contributed by atoms with E-state index in [4.69, 9.17) is 5.11 Å². The van der Waals surface area contributed by atoms with Crippen LogP contribution in [0, 0.1) is 11.8 Å². The molecule has 0 heterocycles. The van der Waals surface area contributed by atoms with E-state index in [1.165, 1.54) is 13.0 Å². The topological polar surface area (TPSA) is 57.5 Å². The molecule has 0 aliphatic rings. The fourth-order valence-electron chi connectivity index (χ4n) is 1.87. The number of allylic oxidation sites excluding steroid dienone is 1. The monoisotopic (exact) mass is 282 g/mol. The Morgan fingerprint density at radius 2 is 1.79 bits per heavy atom. The smallest absolute Gasteiger partial charge is 0.416 e. The maximum atomic E-state index is 12.6. The van der Waals surface area contributed by atoms with Crippen LogP contribution in [0.2, 0.25) is 0 Å².